The smallest absolute Gasteiger partial charge is 0.358 e. The Morgan fingerprint density at radius 3 is 0.961 bits per heavy atom. The molecule has 0 saturated heterocycles. The van der Waals surface area contributed by atoms with Gasteiger partial charge in [0.25, 0.3) is 60.7 Å². The fourth-order valence-corrected chi connectivity index (χ4v) is 12.6. The van der Waals surface area contributed by atoms with E-state index < -0.39 is 182 Å². The molecule has 528 valence electrons. The van der Waals surface area contributed by atoms with Crippen LogP contribution >= 0.6 is 23.2 Å². The lowest BCUT2D eigenvalue weighted by molar-refractivity contribution is 0.0680. The SMILES string of the molecule is O=C(O)c1nn(-c2ccc(S(=O)(=O)O)cc2)c(O)c1N=Nc1cc(Nc2nc(Cl)nc(Nc3ccc(C=Cc4ccc(Nc5nc(Cl)nc(Nc6ccc(S(=O)(=O)O)c(N=Nc7c(C(=O)O)nn(-c8ccc(S(=O)(=O)O)cc8)c7O)c6)n5)cc4S(=O)(=O)O)c(S(=O)(=O)O)c3)n2)ccc1S(=O)(=O)O. The number of halogens is 2. The van der Waals surface area contributed by atoms with Crippen LogP contribution < -0.4 is 21.3 Å². The third-order valence-electron chi connectivity index (χ3n) is 13.1. The molecule has 0 bridgehead atoms. The van der Waals surface area contributed by atoms with Crippen molar-refractivity contribution in [1.29, 1.82) is 0 Å². The number of carboxylic acid groups (broad SMARTS) is 2. The van der Waals surface area contributed by atoms with Crippen molar-refractivity contribution in [3.8, 4) is 23.1 Å². The summed E-state index contributed by atoms with van der Waals surface area (Å²) in [6.45, 7) is 0. The predicted octanol–water partition coefficient (Wildman–Crippen LogP) is 8.00. The van der Waals surface area contributed by atoms with Gasteiger partial charge < -0.3 is 41.7 Å². The van der Waals surface area contributed by atoms with Crippen molar-refractivity contribution in [2.75, 3.05) is 21.3 Å². The van der Waals surface area contributed by atoms with Crippen LogP contribution in [0.3, 0.4) is 0 Å². The van der Waals surface area contributed by atoms with E-state index in [9.17, 15) is 108 Å². The topological polar surface area (TPSA) is 652 Å². The number of nitrogens with zero attached hydrogens (tertiary/aromatic N) is 14. The first-order valence-electron chi connectivity index (χ1n) is 26.7. The van der Waals surface area contributed by atoms with E-state index in [2.05, 4.69) is 81.8 Å². The number of nitrogens with one attached hydrogen (secondary N) is 4. The molecule has 42 nitrogen and oxygen atoms in total. The molecular formula is C52H36Cl2N18O24S6. The van der Waals surface area contributed by atoms with Gasteiger partial charge in [-0.3, -0.25) is 27.3 Å². The van der Waals surface area contributed by atoms with Crippen molar-refractivity contribution in [2.45, 2.75) is 29.4 Å². The van der Waals surface area contributed by atoms with E-state index in [1.165, 1.54) is 12.1 Å². The summed E-state index contributed by atoms with van der Waals surface area (Å²) in [6, 6.07) is 19.8. The number of rotatable bonds is 24. The van der Waals surface area contributed by atoms with Gasteiger partial charge in [-0.15, -0.1) is 20.5 Å². The van der Waals surface area contributed by atoms with Crippen molar-refractivity contribution in [3.63, 3.8) is 0 Å². The van der Waals surface area contributed by atoms with E-state index in [4.69, 9.17) is 23.2 Å². The molecule has 6 aromatic carbocycles. The lowest BCUT2D eigenvalue weighted by Gasteiger charge is -2.12. The second-order valence-corrected chi connectivity index (χ2v) is 29.0. The van der Waals surface area contributed by atoms with Crippen LogP contribution in [0, 0.1) is 0 Å². The number of aromatic nitrogens is 10. The molecule has 0 spiro atoms. The molecule has 10 rings (SSSR count). The first kappa shape index (κ1) is 73.2. The van der Waals surface area contributed by atoms with Gasteiger partial charge in [0.05, 0.1) is 21.2 Å². The molecule has 4 aromatic heterocycles. The zero-order chi connectivity index (χ0) is 74.3. The molecule has 0 aliphatic heterocycles. The van der Waals surface area contributed by atoms with Crippen LogP contribution in [0.4, 0.5) is 69.3 Å². The first-order chi connectivity index (χ1) is 47.6. The van der Waals surface area contributed by atoms with Gasteiger partial charge in [0.15, 0.2) is 11.4 Å². The lowest BCUT2D eigenvalue weighted by Crippen LogP contribution is -2.06. The Hall–Kier alpha value is -11.5. The second-order valence-electron chi connectivity index (χ2n) is 19.9. The van der Waals surface area contributed by atoms with E-state index in [1.807, 2.05) is 0 Å². The molecule has 0 atom stereocenters. The van der Waals surface area contributed by atoms with Gasteiger partial charge in [-0.1, -0.05) is 24.3 Å². The molecule has 14 N–H and O–H groups in total. The number of azo groups is 2. The molecule has 50 heteroatoms. The van der Waals surface area contributed by atoms with Crippen LogP contribution in [0.1, 0.15) is 32.1 Å². The van der Waals surface area contributed by atoms with Crippen molar-refractivity contribution in [1.82, 2.24) is 49.5 Å². The summed E-state index contributed by atoms with van der Waals surface area (Å²) in [7, 11) is -29.9. The molecule has 0 fully saturated rings. The average Bonchev–Trinajstić information content (AvgIpc) is 1.60. The van der Waals surface area contributed by atoms with Gasteiger partial charge in [-0.25, -0.2) is 9.59 Å². The fraction of sp³-hybridized carbons (Fsp3) is 0. The zero-order valence-electron chi connectivity index (χ0n) is 49.4. The summed E-state index contributed by atoms with van der Waals surface area (Å²) < 4.78 is 208. The van der Waals surface area contributed by atoms with Crippen LogP contribution in [0.5, 0.6) is 11.8 Å². The van der Waals surface area contributed by atoms with Crippen LogP contribution in [-0.4, -0.2) is 160 Å². The van der Waals surface area contributed by atoms with Crippen LogP contribution in [-0.2, 0) is 60.7 Å². The number of aromatic carboxylic acids is 2. The molecule has 102 heavy (non-hydrogen) atoms. The van der Waals surface area contributed by atoms with Crippen molar-refractivity contribution in [2.24, 2.45) is 20.5 Å². The van der Waals surface area contributed by atoms with E-state index in [1.54, 1.807) is 0 Å². The highest BCUT2D eigenvalue weighted by molar-refractivity contribution is 7.87. The summed E-state index contributed by atoms with van der Waals surface area (Å²) >= 11 is 12.4. The number of hydrogen-bond acceptors (Lipinski definition) is 32. The number of carbonyl (C=O) groups is 2. The number of carboxylic acids is 2. The van der Waals surface area contributed by atoms with Crippen LogP contribution in [0.25, 0.3) is 23.5 Å². The molecule has 0 amide bonds. The molecule has 0 aliphatic rings. The van der Waals surface area contributed by atoms with Crippen molar-refractivity contribution >= 4 is 177 Å². The quantitative estimate of drug-likeness (QED) is 0.0155. The molecule has 0 unspecified atom stereocenters. The fourth-order valence-electron chi connectivity index (χ4n) is 8.71. The maximum absolute atomic E-state index is 12.9. The molecule has 0 aliphatic carbocycles. The van der Waals surface area contributed by atoms with E-state index in [0.717, 1.165) is 121 Å². The van der Waals surface area contributed by atoms with Gasteiger partial charge in [0.1, 0.15) is 31.0 Å². The zero-order valence-corrected chi connectivity index (χ0v) is 55.8. The van der Waals surface area contributed by atoms with E-state index in [-0.39, 0.29) is 45.3 Å². The summed E-state index contributed by atoms with van der Waals surface area (Å²) in [5.41, 5.74) is -6.44. The van der Waals surface area contributed by atoms with Gasteiger partial charge in [-0.2, -0.15) is 100.0 Å². The summed E-state index contributed by atoms with van der Waals surface area (Å²) in [6.07, 6.45) is 2.07. The minimum absolute atomic E-state index is 0.134. The highest BCUT2D eigenvalue weighted by atomic mass is 35.5. The number of aromatic hydroxyl groups is 2. The molecular weight excluding hydrogens is 1520 g/mol. The van der Waals surface area contributed by atoms with Gasteiger partial charge in [-0.05, 0) is 144 Å². The summed E-state index contributed by atoms with van der Waals surface area (Å²) in [5, 5.41) is 73.4. The minimum atomic E-state index is -5.16. The Balaban J connectivity index is 0.862. The Morgan fingerprint density at radius 1 is 0.382 bits per heavy atom. The number of hydrogen-bond donors (Lipinski definition) is 14. The maximum Gasteiger partial charge on any atom is 0.358 e. The largest absolute Gasteiger partial charge is 0.492 e. The molecule has 0 saturated carbocycles. The van der Waals surface area contributed by atoms with Crippen molar-refractivity contribution < 1.29 is 108 Å². The predicted molar refractivity (Wildman–Crippen MR) is 349 cm³/mol. The summed E-state index contributed by atoms with van der Waals surface area (Å²) in [4.78, 5) is 43.7. The van der Waals surface area contributed by atoms with Gasteiger partial charge >= 0.3 is 11.9 Å². The van der Waals surface area contributed by atoms with E-state index in [0.29, 0.717) is 9.36 Å². The van der Waals surface area contributed by atoms with Gasteiger partial charge in [0, 0.05) is 22.7 Å². The van der Waals surface area contributed by atoms with E-state index >= 15 is 0 Å². The number of anilines is 8. The summed E-state index contributed by atoms with van der Waals surface area (Å²) in [5.74, 6) is -7.22. The first-order valence-corrected chi connectivity index (χ1v) is 36.1. The second kappa shape index (κ2) is 27.9. The molecule has 4 heterocycles. The Bertz CT molecular complexity index is 5610. The molecule has 10 aromatic rings. The monoisotopic (exact) mass is 1560 g/mol. The maximum atomic E-state index is 12.9. The Morgan fingerprint density at radius 2 is 0.676 bits per heavy atom. The number of benzene rings is 6. The highest BCUT2D eigenvalue weighted by Crippen LogP contribution is 2.40. The van der Waals surface area contributed by atoms with Crippen LogP contribution in [0.15, 0.2) is 171 Å². The normalized spacial score (nSPS) is 12.5. The highest BCUT2D eigenvalue weighted by Gasteiger charge is 2.29. The molecule has 0 radical (unpaired) electrons. The standard InChI is InChI=1S/C52H36Cl2N18O24S6/c53-47-59-49(55-25-7-17-35(99(85,86)87)33(19-25)65-67-39-41(45(75)76)69-71(43(39)73)29-9-13-31(14-10-29)97(79,80)81)63-51(61-47)57-27-5-3-23(37(21-27)101(91,92)93)1-2-24-4-6-28(22-38(24)102(94,95)96)58-52-62-48(54)60-50(64-52)56-26-8-18-36(100(88,89)90)34(20-26)66-68-40-42(46(77)78)70-72(44(40)74)30-11-15-32(16-12-30)98(82,83)84/h1-22,73-74H,(H,75,76)(H,77,78)(H,79,80,81)(H,82,83,84)(H,85,86,87)(H,88,89,90)(H,91,92,93)(H,94,95,96)(H2,55,57,59,61,63)(H2,56,58,60,62,64). The minimum Gasteiger partial charge on any atom is -0.492 e. The lowest BCUT2D eigenvalue weighted by atomic mass is 10.1. The Kier molecular flexibility index (Phi) is 20.0. The van der Waals surface area contributed by atoms with Crippen molar-refractivity contribution in [3.05, 3.63) is 154 Å². The van der Waals surface area contributed by atoms with Crippen LogP contribution in [0.2, 0.25) is 10.6 Å². The Labute approximate surface area is 579 Å². The third kappa shape index (κ3) is 17.0. The van der Waals surface area contributed by atoms with Gasteiger partial charge in [0.2, 0.25) is 57.5 Å². The third-order valence-corrected chi connectivity index (χ3v) is 18.8. The average molecular weight is 1560 g/mol.